The molecule has 7 heteroatoms. The predicted molar refractivity (Wildman–Crippen MR) is 94.8 cm³/mol. The number of aryl methyl sites for hydroxylation is 1. The van der Waals surface area contributed by atoms with Crippen LogP contribution in [0.15, 0.2) is 23.0 Å². The summed E-state index contributed by atoms with van der Waals surface area (Å²) in [6.07, 6.45) is 0.540. The molecule has 0 bridgehead atoms. The molecular formula is C17H21BN3O3. The minimum absolute atomic E-state index is 0.224. The molecule has 1 aliphatic heterocycles. The van der Waals surface area contributed by atoms with E-state index in [4.69, 9.17) is 0 Å². The normalized spacial score (nSPS) is 17.1. The van der Waals surface area contributed by atoms with Crippen molar-refractivity contribution in [2.75, 3.05) is 0 Å². The maximum absolute atomic E-state index is 12.9. The third kappa shape index (κ3) is 3.11. The predicted octanol–water partition coefficient (Wildman–Crippen LogP) is 1.09. The number of imide groups is 1. The highest BCUT2D eigenvalue weighted by atomic mass is 16.2. The molecule has 0 saturated carbocycles. The zero-order chi connectivity index (χ0) is 17.9. The van der Waals surface area contributed by atoms with E-state index in [2.05, 4.69) is 10.3 Å². The molecule has 1 aromatic carbocycles. The summed E-state index contributed by atoms with van der Waals surface area (Å²) < 4.78 is 1.40. The number of hydrogen-bond donors (Lipinski definition) is 1. The Balaban J connectivity index is 0.00000100. The van der Waals surface area contributed by atoms with E-state index in [1.807, 2.05) is 40.1 Å². The van der Waals surface area contributed by atoms with E-state index in [1.54, 1.807) is 13.0 Å². The second-order valence-electron chi connectivity index (χ2n) is 5.33. The highest BCUT2D eigenvalue weighted by molar-refractivity contribution is 6.55. The summed E-state index contributed by atoms with van der Waals surface area (Å²) in [5.41, 5.74) is 1.16. The molecule has 2 heterocycles. The van der Waals surface area contributed by atoms with Gasteiger partial charge in [-0.3, -0.25) is 24.3 Å². The van der Waals surface area contributed by atoms with Crippen molar-refractivity contribution in [1.82, 2.24) is 14.9 Å². The number of piperidine rings is 1. The SMILES string of the molecule is CC.C[B]c1cccc2nc(C)n(C3CCC(=O)NC3=O)c(=O)c12. The van der Waals surface area contributed by atoms with Gasteiger partial charge in [0.1, 0.15) is 19.1 Å². The van der Waals surface area contributed by atoms with Crippen LogP contribution < -0.4 is 16.3 Å². The highest BCUT2D eigenvalue weighted by Gasteiger charge is 2.30. The zero-order valence-corrected chi connectivity index (χ0v) is 14.4. The number of carbonyl (C=O) groups is 2. The average Bonchev–Trinajstić information content (AvgIpc) is 2.57. The summed E-state index contributed by atoms with van der Waals surface area (Å²) in [7, 11) is 1.84. The van der Waals surface area contributed by atoms with E-state index in [0.717, 1.165) is 5.46 Å². The van der Waals surface area contributed by atoms with Gasteiger partial charge < -0.3 is 0 Å². The Morgan fingerprint density at radius 1 is 1.25 bits per heavy atom. The van der Waals surface area contributed by atoms with Gasteiger partial charge in [-0.2, -0.15) is 0 Å². The van der Waals surface area contributed by atoms with E-state index in [-0.39, 0.29) is 17.9 Å². The van der Waals surface area contributed by atoms with Crippen LogP contribution in [0.3, 0.4) is 0 Å². The summed E-state index contributed by atoms with van der Waals surface area (Å²) in [6.45, 7) is 7.55. The molecule has 1 fully saturated rings. The van der Waals surface area contributed by atoms with Crippen LogP contribution in [0.1, 0.15) is 38.6 Å². The van der Waals surface area contributed by atoms with E-state index in [1.165, 1.54) is 4.57 Å². The Morgan fingerprint density at radius 2 is 1.96 bits per heavy atom. The first-order valence-corrected chi connectivity index (χ1v) is 8.18. The molecule has 1 N–H and O–H groups in total. The number of nitrogens with zero attached hydrogens (tertiary/aromatic N) is 2. The van der Waals surface area contributed by atoms with Crippen LogP contribution in [0, 0.1) is 6.92 Å². The highest BCUT2D eigenvalue weighted by Crippen LogP contribution is 2.19. The first kappa shape index (κ1) is 17.9. The molecule has 1 saturated heterocycles. The molecule has 2 aromatic rings. The van der Waals surface area contributed by atoms with Gasteiger partial charge in [-0.1, -0.05) is 38.3 Å². The fourth-order valence-corrected chi connectivity index (χ4v) is 2.92. The van der Waals surface area contributed by atoms with Gasteiger partial charge in [0.2, 0.25) is 11.8 Å². The van der Waals surface area contributed by atoms with Crippen molar-refractivity contribution in [2.45, 2.75) is 46.5 Å². The van der Waals surface area contributed by atoms with Crippen molar-refractivity contribution in [3.63, 3.8) is 0 Å². The van der Waals surface area contributed by atoms with E-state index >= 15 is 0 Å². The lowest BCUT2D eigenvalue weighted by molar-refractivity contribution is -0.135. The lowest BCUT2D eigenvalue weighted by Gasteiger charge is -2.24. The van der Waals surface area contributed by atoms with Gasteiger partial charge in [-0.15, -0.1) is 0 Å². The smallest absolute Gasteiger partial charge is 0.261 e. The van der Waals surface area contributed by atoms with Crippen LogP contribution in [0.4, 0.5) is 0 Å². The van der Waals surface area contributed by atoms with Gasteiger partial charge in [-0.25, -0.2) is 4.98 Å². The second kappa shape index (κ2) is 7.42. The summed E-state index contributed by atoms with van der Waals surface area (Å²) in [5, 5.41) is 2.79. The van der Waals surface area contributed by atoms with Crippen LogP contribution in [0.5, 0.6) is 0 Å². The molecule has 1 aliphatic rings. The largest absolute Gasteiger partial charge is 0.295 e. The van der Waals surface area contributed by atoms with Crippen molar-refractivity contribution < 1.29 is 9.59 Å². The van der Waals surface area contributed by atoms with Crippen molar-refractivity contribution in [3.05, 3.63) is 34.4 Å². The first-order valence-electron chi connectivity index (χ1n) is 8.18. The van der Waals surface area contributed by atoms with Gasteiger partial charge >= 0.3 is 0 Å². The number of amides is 2. The Hall–Kier alpha value is -2.44. The molecule has 0 aliphatic carbocycles. The van der Waals surface area contributed by atoms with E-state index in [9.17, 15) is 14.4 Å². The number of aromatic nitrogens is 2. The second-order valence-corrected chi connectivity index (χ2v) is 5.33. The monoisotopic (exact) mass is 326 g/mol. The Labute approximate surface area is 141 Å². The molecule has 6 nitrogen and oxygen atoms in total. The van der Waals surface area contributed by atoms with Gasteiger partial charge in [0.15, 0.2) is 0 Å². The van der Waals surface area contributed by atoms with Crippen LogP contribution >= 0.6 is 0 Å². The summed E-state index contributed by atoms with van der Waals surface area (Å²) in [5.74, 6) is -0.274. The summed E-state index contributed by atoms with van der Waals surface area (Å²) >= 11 is 0. The molecule has 1 unspecified atom stereocenters. The topological polar surface area (TPSA) is 81.1 Å². The van der Waals surface area contributed by atoms with Crippen LogP contribution in [-0.2, 0) is 9.59 Å². The Morgan fingerprint density at radius 3 is 2.58 bits per heavy atom. The number of carbonyl (C=O) groups excluding carboxylic acids is 2. The zero-order valence-electron chi connectivity index (χ0n) is 14.4. The van der Waals surface area contributed by atoms with Crippen LogP contribution in [0.25, 0.3) is 10.9 Å². The maximum atomic E-state index is 12.9. The fourth-order valence-electron chi connectivity index (χ4n) is 2.92. The quantitative estimate of drug-likeness (QED) is 0.662. The van der Waals surface area contributed by atoms with Gasteiger partial charge in [-0.05, 0) is 19.4 Å². The summed E-state index contributed by atoms with van der Waals surface area (Å²) in [6, 6.07) is 4.79. The fraction of sp³-hybridized carbons (Fsp3) is 0.412. The standard InChI is InChI=1S/C15H15BN3O3.C2H6/c1-8-17-10-5-3-4-9(16-2)13(10)15(22)19(8)11-6-7-12(20)18-14(11)21;1-2/h3-5,11H,6-7H2,1-2H3,(H,18,20,21);1-2H3. The van der Waals surface area contributed by atoms with Gasteiger partial charge in [0.05, 0.1) is 10.9 Å². The number of nitrogens with one attached hydrogen (secondary N) is 1. The molecule has 1 atom stereocenters. The van der Waals surface area contributed by atoms with Crippen molar-refractivity contribution >= 4 is 35.5 Å². The Kier molecular flexibility index (Phi) is 5.54. The molecule has 1 radical (unpaired) electrons. The minimum atomic E-state index is -0.688. The lowest BCUT2D eigenvalue weighted by atomic mass is 9.72. The molecule has 0 spiro atoms. The van der Waals surface area contributed by atoms with Gasteiger partial charge in [0, 0.05) is 6.42 Å². The minimum Gasteiger partial charge on any atom is -0.295 e. The van der Waals surface area contributed by atoms with E-state index in [0.29, 0.717) is 23.1 Å². The summed E-state index contributed by atoms with van der Waals surface area (Å²) in [4.78, 5) is 40.7. The van der Waals surface area contributed by atoms with Crippen LogP contribution in [0.2, 0.25) is 6.82 Å². The van der Waals surface area contributed by atoms with E-state index < -0.39 is 11.9 Å². The molecule has 3 rings (SSSR count). The first-order chi connectivity index (χ1) is 11.5. The Bertz CT molecular complexity index is 845. The van der Waals surface area contributed by atoms with Crippen molar-refractivity contribution in [2.24, 2.45) is 0 Å². The maximum Gasteiger partial charge on any atom is 0.261 e. The van der Waals surface area contributed by atoms with Crippen molar-refractivity contribution in [1.29, 1.82) is 0 Å². The average molecular weight is 326 g/mol. The van der Waals surface area contributed by atoms with Crippen LogP contribution in [-0.4, -0.2) is 28.6 Å². The lowest BCUT2D eigenvalue weighted by Crippen LogP contribution is -2.45. The molecular weight excluding hydrogens is 305 g/mol. The number of rotatable bonds is 2. The molecule has 1 aromatic heterocycles. The number of hydrogen-bond acceptors (Lipinski definition) is 4. The molecule has 125 valence electrons. The molecule has 2 amide bonds. The van der Waals surface area contributed by atoms with Gasteiger partial charge in [0.25, 0.3) is 5.56 Å². The number of benzene rings is 1. The van der Waals surface area contributed by atoms with Crippen molar-refractivity contribution in [3.8, 4) is 0 Å². The third-order valence-electron chi connectivity index (χ3n) is 3.97. The number of fused-ring (bicyclic) bond motifs is 1. The molecule has 24 heavy (non-hydrogen) atoms. The third-order valence-corrected chi connectivity index (χ3v) is 3.97.